The molecule has 1 heterocycles. The Labute approximate surface area is 122 Å². The third-order valence-corrected chi connectivity index (χ3v) is 5.02. The Morgan fingerprint density at radius 2 is 1.85 bits per heavy atom. The van der Waals surface area contributed by atoms with Gasteiger partial charge in [-0.25, -0.2) is 0 Å². The van der Waals surface area contributed by atoms with Crippen molar-refractivity contribution in [3.63, 3.8) is 0 Å². The van der Waals surface area contributed by atoms with Crippen molar-refractivity contribution < 1.29 is 4.79 Å². The maximum Gasteiger partial charge on any atom is 0.136 e. The van der Waals surface area contributed by atoms with Crippen LogP contribution in [0.2, 0.25) is 0 Å². The van der Waals surface area contributed by atoms with Crippen LogP contribution in [0.5, 0.6) is 0 Å². The standard InChI is InChI=1S/C18H25NO/c1-12-7-13(2)9-14(8-12)18(20)10-15-11-19-17-6-4-3-5-16(15)17/h3-6,12-15,19H,7-11H2,1-2H3. The van der Waals surface area contributed by atoms with Gasteiger partial charge in [0.25, 0.3) is 0 Å². The van der Waals surface area contributed by atoms with Gasteiger partial charge in [0.1, 0.15) is 5.78 Å². The summed E-state index contributed by atoms with van der Waals surface area (Å²) < 4.78 is 0. The van der Waals surface area contributed by atoms with Crippen molar-refractivity contribution in [2.45, 2.75) is 45.4 Å². The first kappa shape index (κ1) is 13.7. The predicted molar refractivity (Wildman–Crippen MR) is 83.0 cm³/mol. The van der Waals surface area contributed by atoms with E-state index in [9.17, 15) is 4.79 Å². The average Bonchev–Trinajstić information content (AvgIpc) is 2.81. The van der Waals surface area contributed by atoms with Crippen LogP contribution in [0.25, 0.3) is 0 Å². The van der Waals surface area contributed by atoms with Gasteiger partial charge in [0, 0.05) is 30.5 Å². The third kappa shape index (κ3) is 2.74. The lowest BCUT2D eigenvalue weighted by molar-refractivity contribution is -0.125. The smallest absolute Gasteiger partial charge is 0.136 e. The number of nitrogens with one attached hydrogen (secondary N) is 1. The summed E-state index contributed by atoms with van der Waals surface area (Å²) in [7, 11) is 0. The van der Waals surface area contributed by atoms with Gasteiger partial charge in [-0.1, -0.05) is 32.0 Å². The minimum Gasteiger partial charge on any atom is -0.384 e. The van der Waals surface area contributed by atoms with E-state index in [1.165, 1.54) is 17.7 Å². The molecule has 2 nitrogen and oxygen atoms in total. The summed E-state index contributed by atoms with van der Waals surface area (Å²) in [4.78, 5) is 12.6. The van der Waals surface area contributed by atoms with Crippen molar-refractivity contribution in [3.05, 3.63) is 29.8 Å². The molecule has 0 bridgehead atoms. The van der Waals surface area contributed by atoms with Crippen molar-refractivity contribution in [3.8, 4) is 0 Å². The first-order chi connectivity index (χ1) is 9.63. The average molecular weight is 271 g/mol. The topological polar surface area (TPSA) is 29.1 Å². The lowest BCUT2D eigenvalue weighted by atomic mass is 9.73. The maximum atomic E-state index is 12.6. The second kappa shape index (κ2) is 5.59. The molecule has 3 unspecified atom stereocenters. The molecule has 1 fully saturated rings. The Kier molecular flexibility index (Phi) is 3.82. The van der Waals surface area contributed by atoms with E-state index in [2.05, 4.69) is 43.4 Å². The van der Waals surface area contributed by atoms with Gasteiger partial charge < -0.3 is 5.32 Å². The van der Waals surface area contributed by atoms with Crippen LogP contribution in [0.3, 0.4) is 0 Å². The first-order valence-electron chi connectivity index (χ1n) is 7.99. The Hall–Kier alpha value is -1.31. The van der Waals surface area contributed by atoms with Crippen LogP contribution < -0.4 is 5.32 Å². The molecule has 0 saturated heterocycles. The lowest BCUT2D eigenvalue weighted by Crippen LogP contribution is -2.27. The number of Topliss-reactive ketones (excluding diaryl/α,β-unsaturated/α-hetero) is 1. The highest BCUT2D eigenvalue weighted by atomic mass is 16.1. The first-order valence-corrected chi connectivity index (χ1v) is 7.99. The van der Waals surface area contributed by atoms with Crippen LogP contribution in [-0.2, 0) is 4.79 Å². The van der Waals surface area contributed by atoms with E-state index in [4.69, 9.17) is 0 Å². The highest BCUT2D eigenvalue weighted by molar-refractivity contribution is 5.82. The fraction of sp³-hybridized carbons (Fsp3) is 0.611. The number of para-hydroxylation sites is 1. The number of carbonyl (C=O) groups excluding carboxylic acids is 1. The molecule has 108 valence electrons. The van der Waals surface area contributed by atoms with Crippen molar-refractivity contribution in [2.75, 3.05) is 11.9 Å². The maximum absolute atomic E-state index is 12.6. The molecule has 1 aromatic rings. The molecule has 2 aliphatic rings. The van der Waals surface area contributed by atoms with Crippen molar-refractivity contribution in [1.82, 2.24) is 0 Å². The Bertz CT molecular complexity index is 486. The molecular formula is C18H25NO. The molecule has 1 aromatic carbocycles. The predicted octanol–water partition coefficient (Wildman–Crippen LogP) is 4.23. The largest absolute Gasteiger partial charge is 0.384 e. The highest BCUT2D eigenvalue weighted by Crippen LogP contribution is 2.38. The van der Waals surface area contributed by atoms with E-state index in [0.29, 0.717) is 35.9 Å². The summed E-state index contributed by atoms with van der Waals surface area (Å²) in [5.74, 6) is 2.60. The van der Waals surface area contributed by atoms with Gasteiger partial charge in [-0.15, -0.1) is 0 Å². The van der Waals surface area contributed by atoms with Crippen molar-refractivity contribution >= 4 is 11.5 Å². The van der Waals surface area contributed by atoms with Gasteiger partial charge in [-0.3, -0.25) is 4.79 Å². The second-order valence-electron chi connectivity index (χ2n) is 6.95. The molecule has 3 rings (SSSR count). The van der Waals surface area contributed by atoms with E-state index in [0.717, 1.165) is 19.4 Å². The van der Waals surface area contributed by atoms with Gasteiger partial charge in [0.05, 0.1) is 0 Å². The van der Waals surface area contributed by atoms with Crippen molar-refractivity contribution in [1.29, 1.82) is 0 Å². The second-order valence-corrected chi connectivity index (χ2v) is 6.95. The number of ketones is 1. The van der Waals surface area contributed by atoms with Gasteiger partial charge in [0.2, 0.25) is 0 Å². The van der Waals surface area contributed by atoms with Crippen molar-refractivity contribution in [2.24, 2.45) is 17.8 Å². The Morgan fingerprint density at radius 3 is 2.60 bits per heavy atom. The molecular weight excluding hydrogens is 246 g/mol. The number of fused-ring (bicyclic) bond motifs is 1. The van der Waals surface area contributed by atoms with E-state index < -0.39 is 0 Å². The van der Waals surface area contributed by atoms with Crippen LogP contribution in [-0.4, -0.2) is 12.3 Å². The zero-order valence-corrected chi connectivity index (χ0v) is 12.6. The van der Waals surface area contributed by atoms with E-state index in [1.807, 2.05) is 0 Å². The van der Waals surface area contributed by atoms with Crippen LogP contribution in [0.4, 0.5) is 5.69 Å². The molecule has 3 atom stereocenters. The number of carbonyl (C=O) groups is 1. The van der Waals surface area contributed by atoms with E-state index in [-0.39, 0.29) is 0 Å². The number of hydrogen-bond donors (Lipinski definition) is 1. The monoisotopic (exact) mass is 271 g/mol. The molecule has 1 aliphatic heterocycles. The summed E-state index contributed by atoms with van der Waals surface area (Å²) in [5.41, 5.74) is 2.55. The molecule has 0 spiro atoms. The summed E-state index contributed by atoms with van der Waals surface area (Å²) >= 11 is 0. The summed E-state index contributed by atoms with van der Waals surface area (Å²) in [6.45, 7) is 5.51. The zero-order valence-electron chi connectivity index (χ0n) is 12.6. The Morgan fingerprint density at radius 1 is 1.15 bits per heavy atom. The molecule has 2 heteroatoms. The molecule has 1 saturated carbocycles. The molecule has 0 radical (unpaired) electrons. The SMILES string of the molecule is CC1CC(C)CC(C(=O)CC2CNc3ccccc32)C1. The van der Waals surface area contributed by atoms with Crippen LogP contribution in [0.1, 0.15) is 51.0 Å². The minimum atomic E-state index is 0.307. The van der Waals surface area contributed by atoms with E-state index >= 15 is 0 Å². The quantitative estimate of drug-likeness (QED) is 0.891. The van der Waals surface area contributed by atoms with Gasteiger partial charge >= 0.3 is 0 Å². The Balaban J connectivity index is 1.65. The van der Waals surface area contributed by atoms with Crippen LogP contribution in [0.15, 0.2) is 24.3 Å². The van der Waals surface area contributed by atoms with Gasteiger partial charge in [0.15, 0.2) is 0 Å². The zero-order chi connectivity index (χ0) is 14.1. The normalized spacial score (nSPS) is 32.5. The number of anilines is 1. The summed E-state index contributed by atoms with van der Waals surface area (Å²) in [5, 5.41) is 3.42. The van der Waals surface area contributed by atoms with E-state index in [1.54, 1.807) is 0 Å². The minimum absolute atomic E-state index is 0.307. The molecule has 0 amide bonds. The summed E-state index contributed by atoms with van der Waals surface area (Å²) in [6, 6.07) is 8.42. The lowest BCUT2D eigenvalue weighted by Gasteiger charge is -2.31. The summed E-state index contributed by atoms with van der Waals surface area (Å²) in [6.07, 6.45) is 4.21. The number of rotatable bonds is 3. The molecule has 1 N–H and O–H groups in total. The molecule has 20 heavy (non-hydrogen) atoms. The number of benzene rings is 1. The molecule has 0 aromatic heterocycles. The van der Waals surface area contributed by atoms with Gasteiger partial charge in [-0.05, 0) is 42.7 Å². The van der Waals surface area contributed by atoms with Crippen LogP contribution >= 0.6 is 0 Å². The molecule has 1 aliphatic carbocycles. The van der Waals surface area contributed by atoms with Crippen LogP contribution in [0, 0.1) is 17.8 Å². The fourth-order valence-electron chi connectivity index (χ4n) is 4.16. The fourth-order valence-corrected chi connectivity index (χ4v) is 4.16. The third-order valence-electron chi connectivity index (χ3n) is 5.02. The van der Waals surface area contributed by atoms with Gasteiger partial charge in [-0.2, -0.15) is 0 Å². The highest BCUT2D eigenvalue weighted by Gasteiger charge is 2.31. The number of hydrogen-bond acceptors (Lipinski definition) is 2.